The van der Waals surface area contributed by atoms with E-state index in [0.717, 1.165) is 43.2 Å². The summed E-state index contributed by atoms with van der Waals surface area (Å²) in [5.41, 5.74) is 2.06. The molecule has 1 atom stereocenters. The van der Waals surface area contributed by atoms with E-state index in [1.165, 1.54) is 17.8 Å². The smallest absolute Gasteiger partial charge is 0.342 e. The second kappa shape index (κ2) is 8.84. The Bertz CT molecular complexity index is 824. The fourth-order valence-corrected chi connectivity index (χ4v) is 4.73. The van der Waals surface area contributed by atoms with E-state index >= 15 is 0 Å². The number of carbonyl (C=O) groups is 2. The number of anilines is 1. The van der Waals surface area contributed by atoms with Crippen molar-refractivity contribution in [1.29, 1.82) is 0 Å². The third kappa shape index (κ3) is 4.25. The number of esters is 1. The number of amides is 1. The highest BCUT2D eigenvalue weighted by Crippen LogP contribution is 2.37. The van der Waals surface area contributed by atoms with E-state index in [4.69, 9.17) is 9.47 Å². The quantitative estimate of drug-likeness (QED) is 0.752. The minimum absolute atomic E-state index is 0.0480. The standard InChI is InChI=1S/C21H24N2O4S/c24-19(17-7-4-12-26-17)23-20-18(21(25)27-15-5-2-1-3-6-15)16(13-28-20)14-8-10-22-11-9-14/h8-11,13,15,17H,1-7,12H2,(H,23,24). The molecule has 0 spiro atoms. The van der Waals surface area contributed by atoms with Gasteiger partial charge in [0.2, 0.25) is 0 Å². The van der Waals surface area contributed by atoms with Gasteiger partial charge in [0.1, 0.15) is 22.8 Å². The summed E-state index contributed by atoms with van der Waals surface area (Å²) >= 11 is 1.34. The van der Waals surface area contributed by atoms with E-state index in [0.29, 0.717) is 23.6 Å². The first kappa shape index (κ1) is 19.1. The Hall–Kier alpha value is -2.25. The first-order valence-electron chi connectivity index (χ1n) is 9.87. The van der Waals surface area contributed by atoms with Crippen molar-refractivity contribution in [2.24, 2.45) is 0 Å². The van der Waals surface area contributed by atoms with Crippen LogP contribution in [0.1, 0.15) is 55.3 Å². The maximum atomic E-state index is 13.1. The highest BCUT2D eigenvalue weighted by molar-refractivity contribution is 7.15. The molecule has 3 heterocycles. The van der Waals surface area contributed by atoms with Crippen molar-refractivity contribution < 1.29 is 19.1 Å². The van der Waals surface area contributed by atoms with Gasteiger partial charge in [-0.2, -0.15) is 0 Å². The molecule has 6 nitrogen and oxygen atoms in total. The summed E-state index contributed by atoms with van der Waals surface area (Å²) in [5, 5.41) is 5.31. The number of aromatic nitrogens is 1. The maximum absolute atomic E-state index is 13.1. The van der Waals surface area contributed by atoms with Crippen LogP contribution in [0.3, 0.4) is 0 Å². The lowest BCUT2D eigenvalue weighted by molar-refractivity contribution is -0.124. The topological polar surface area (TPSA) is 77.5 Å². The summed E-state index contributed by atoms with van der Waals surface area (Å²) in [6.07, 6.45) is 9.62. The Morgan fingerprint density at radius 3 is 2.61 bits per heavy atom. The van der Waals surface area contributed by atoms with Crippen molar-refractivity contribution in [1.82, 2.24) is 4.98 Å². The van der Waals surface area contributed by atoms with E-state index < -0.39 is 6.10 Å². The molecule has 0 bridgehead atoms. The Balaban J connectivity index is 1.60. The summed E-state index contributed by atoms with van der Waals surface area (Å²) in [6, 6.07) is 3.70. The maximum Gasteiger partial charge on any atom is 0.342 e. The fraction of sp³-hybridized carbons (Fsp3) is 0.476. The summed E-state index contributed by atoms with van der Waals surface area (Å²) < 4.78 is 11.3. The van der Waals surface area contributed by atoms with Crippen LogP contribution in [0.2, 0.25) is 0 Å². The lowest BCUT2D eigenvalue weighted by atomic mass is 9.97. The molecule has 28 heavy (non-hydrogen) atoms. The van der Waals surface area contributed by atoms with Gasteiger partial charge in [0.15, 0.2) is 0 Å². The molecule has 2 aromatic heterocycles. The Kier molecular flexibility index (Phi) is 6.02. The van der Waals surface area contributed by atoms with E-state index in [-0.39, 0.29) is 18.0 Å². The van der Waals surface area contributed by atoms with Crippen LogP contribution < -0.4 is 5.32 Å². The average molecular weight is 401 g/mol. The van der Waals surface area contributed by atoms with Crippen molar-refractivity contribution in [2.75, 3.05) is 11.9 Å². The number of pyridine rings is 1. The van der Waals surface area contributed by atoms with Crippen LogP contribution in [0.5, 0.6) is 0 Å². The SMILES string of the molecule is O=C(OC1CCCCC1)c1c(-c2ccncc2)csc1NC(=O)C1CCCO1. The van der Waals surface area contributed by atoms with E-state index in [1.807, 2.05) is 17.5 Å². The predicted molar refractivity (Wildman–Crippen MR) is 107 cm³/mol. The molecular formula is C21H24N2O4S. The van der Waals surface area contributed by atoms with E-state index in [9.17, 15) is 9.59 Å². The Morgan fingerprint density at radius 2 is 1.89 bits per heavy atom. The van der Waals surface area contributed by atoms with Gasteiger partial charge in [-0.1, -0.05) is 6.42 Å². The lowest BCUT2D eigenvalue weighted by Crippen LogP contribution is -2.27. The van der Waals surface area contributed by atoms with Crippen LogP contribution in [0, 0.1) is 0 Å². The molecule has 1 saturated carbocycles. The van der Waals surface area contributed by atoms with Gasteiger partial charge in [0.05, 0.1) is 0 Å². The summed E-state index contributed by atoms with van der Waals surface area (Å²) in [7, 11) is 0. The van der Waals surface area contributed by atoms with Gasteiger partial charge in [-0.15, -0.1) is 11.3 Å². The van der Waals surface area contributed by atoms with Crippen LogP contribution in [-0.2, 0) is 14.3 Å². The number of carbonyl (C=O) groups excluding carboxylic acids is 2. The summed E-state index contributed by atoms with van der Waals surface area (Å²) in [6.45, 7) is 0.599. The molecule has 1 saturated heterocycles. The molecule has 7 heteroatoms. The van der Waals surface area contributed by atoms with Crippen LogP contribution in [0.4, 0.5) is 5.00 Å². The minimum Gasteiger partial charge on any atom is -0.459 e. The molecule has 1 amide bonds. The Labute approximate surface area is 168 Å². The van der Waals surface area contributed by atoms with Gasteiger partial charge < -0.3 is 14.8 Å². The molecule has 1 unspecified atom stereocenters. The second-order valence-electron chi connectivity index (χ2n) is 7.25. The number of nitrogens with zero attached hydrogens (tertiary/aromatic N) is 1. The van der Waals surface area contributed by atoms with Crippen LogP contribution in [0.25, 0.3) is 11.1 Å². The zero-order valence-corrected chi connectivity index (χ0v) is 16.5. The van der Waals surface area contributed by atoms with Crippen molar-refractivity contribution in [2.45, 2.75) is 57.2 Å². The third-order valence-electron chi connectivity index (χ3n) is 5.27. The number of hydrogen-bond acceptors (Lipinski definition) is 6. The number of thiophene rings is 1. The molecule has 2 fully saturated rings. The molecular weight excluding hydrogens is 376 g/mol. The molecule has 2 aromatic rings. The molecule has 1 aliphatic carbocycles. The van der Waals surface area contributed by atoms with E-state index in [2.05, 4.69) is 10.3 Å². The van der Waals surface area contributed by atoms with Crippen LogP contribution >= 0.6 is 11.3 Å². The molecule has 0 radical (unpaired) electrons. The normalized spacial score (nSPS) is 20.1. The van der Waals surface area contributed by atoms with Gasteiger partial charge in [0, 0.05) is 29.9 Å². The van der Waals surface area contributed by atoms with Gasteiger partial charge >= 0.3 is 5.97 Å². The molecule has 1 aliphatic heterocycles. The van der Waals surface area contributed by atoms with Gasteiger partial charge in [-0.05, 0) is 56.2 Å². The van der Waals surface area contributed by atoms with Crippen LogP contribution in [-0.4, -0.2) is 35.7 Å². The second-order valence-corrected chi connectivity index (χ2v) is 8.13. The molecule has 2 aliphatic rings. The van der Waals surface area contributed by atoms with Gasteiger partial charge in [0.25, 0.3) is 5.91 Å². The summed E-state index contributed by atoms with van der Waals surface area (Å²) in [4.78, 5) is 29.7. The number of rotatable bonds is 5. The molecule has 4 rings (SSSR count). The zero-order valence-electron chi connectivity index (χ0n) is 15.7. The molecule has 1 N–H and O–H groups in total. The van der Waals surface area contributed by atoms with Crippen molar-refractivity contribution in [3.8, 4) is 11.1 Å². The van der Waals surface area contributed by atoms with E-state index in [1.54, 1.807) is 12.4 Å². The van der Waals surface area contributed by atoms with Crippen molar-refractivity contribution in [3.05, 3.63) is 35.5 Å². The van der Waals surface area contributed by atoms with Crippen LogP contribution in [0.15, 0.2) is 29.9 Å². The number of nitrogens with one attached hydrogen (secondary N) is 1. The minimum atomic E-state index is -0.450. The molecule has 148 valence electrons. The highest BCUT2D eigenvalue weighted by atomic mass is 32.1. The average Bonchev–Trinajstić information content (AvgIpc) is 3.40. The largest absolute Gasteiger partial charge is 0.459 e. The first-order valence-corrected chi connectivity index (χ1v) is 10.8. The third-order valence-corrected chi connectivity index (χ3v) is 6.17. The number of hydrogen-bond donors (Lipinski definition) is 1. The van der Waals surface area contributed by atoms with Crippen molar-refractivity contribution in [3.63, 3.8) is 0 Å². The highest BCUT2D eigenvalue weighted by Gasteiger charge is 2.29. The first-order chi connectivity index (χ1) is 13.7. The number of ether oxygens (including phenoxy) is 2. The summed E-state index contributed by atoms with van der Waals surface area (Å²) in [5.74, 6) is -0.574. The predicted octanol–water partition coefficient (Wildman–Crippen LogP) is 4.42. The monoisotopic (exact) mass is 400 g/mol. The zero-order chi connectivity index (χ0) is 19.3. The molecule has 0 aromatic carbocycles. The Morgan fingerprint density at radius 1 is 1.11 bits per heavy atom. The van der Waals surface area contributed by atoms with Crippen molar-refractivity contribution >= 4 is 28.2 Å². The lowest BCUT2D eigenvalue weighted by Gasteiger charge is -2.22. The van der Waals surface area contributed by atoms with Gasteiger partial charge in [-0.25, -0.2) is 4.79 Å². The fourth-order valence-electron chi connectivity index (χ4n) is 3.77. The van der Waals surface area contributed by atoms with Gasteiger partial charge in [-0.3, -0.25) is 9.78 Å².